The van der Waals surface area contributed by atoms with E-state index in [-0.39, 0.29) is 12.5 Å². The van der Waals surface area contributed by atoms with Crippen molar-refractivity contribution in [3.05, 3.63) is 0 Å². The fourth-order valence-corrected chi connectivity index (χ4v) is 2.63. The lowest BCUT2D eigenvalue weighted by Crippen LogP contribution is -2.57. The van der Waals surface area contributed by atoms with E-state index in [9.17, 15) is 19.5 Å². The molecule has 4 N–H and O–H groups in total. The molecule has 1 saturated heterocycles. The van der Waals surface area contributed by atoms with Gasteiger partial charge in [-0.1, -0.05) is 0 Å². The third-order valence-electron chi connectivity index (χ3n) is 4.56. The molecule has 2 rings (SSSR count). The van der Waals surface area contributed by atoms with Crippen molar-refractivity contribution in [1.82, 2.24) is 10.2 Å². The minimum absolute atomic E-state index is 0.0194. The molecule has 1 aliphatic heterocycles. The standard InChI is InChI=1S/C13H21N3O4/c1-12(9(14)17)5-6-16(7-12)11(20)15-13(2,10(18)19)8-3-4-8/h8H,3-7H2,1-2H3,(H2,14,17)(H,15,20)(H,18,19). The first-order valence-corrected chi connectivity index (χ1v) is 6.79. The van der Waals surface area contributed by atoms with Crippen molar-refractivity contribution < 1.29 is 19.5 Å². The number of nitrogens with two attached hydrogens (primary N) is 1. The van der Waals surface area contributed by atoms with Crippen LogP contribution in [-0.4, -0.2) is 46.5 Å². The zero-order valence-corrected chi connectivity index (χ0v) is 11.8. The molecule has 0 radical (unpaired) electrons. The Labute approximate surface area is 117 Å². The van der Waals surface area contributed by atoms with Gasteiger partial charge in [0, 0.05) is 13.1 Å². The molecule has 0 aromatic rings. The molecule has 0 aromatic heterocycles. The predicted octanol–water partition coefficient (Wildman–Crippen LogP) is 0.147. The van der Waals surface area contributed by atoms with Crippen LogP contribution >= 0.6 is 0 Å². The van der Waals surface area contributed by atoms with Crippen LogP contribution in [0.2, 0.25) is 0 Å². The predicted molar refractivity (Wildman–Crippen MR) is 70.8 cm³/mol. The van der Waals surface area contributed by atoms with Crippen LogP contribution in [0, 0.1) is 11.3 Å². The molecule has 0 spiro atoms. The highest BCUT2D eigenvalue weighted by atomic mass is 16.4. The molecule has 2 aliphatic rings. The van der Waals surface area contributed by atoms with Crippen LogP contribution in [0.4, 0.5) is 4.79 Å². The second-order valence-corrected chi connectivity index (χ2v) is 6.31. The second-order valence-electron chi connectivity index (χ2n) is 6.31. The highest BCUT2D eigenvalue weighted by molar-refractivity contribution is 5.88. The van der Waals surface area contributed by atoms with Crippen LogP contribution in [-0.2, 0) is 9.59 Å². The van der Waals surface area contributed by atoms with Gasteiger partial charge in [-0.05, 0) is 39.0 Å². The maximum Gasteiger partial charge on any atom is 0.329 e. The van der Waals surface area contributed by atoms with Crippen molar-refractivity contribution in [2.75, 3.05) is 13.1 Å². The fraction of sp³-hybridized carbons (Fsp3) is 0.769. The number of likely N-dealkylation sites (tertiary alicyclic amines) is 1. The number of urea groups is 1. The van der Waals surface area contributed by atoms with Crippen molar-refractivity contribution >= 4 is 17.9 Å². The molecule has 1 saturated carbocycles. The minimum Gasteiger partial charge on any atom is -0.480 e. The lowest BCUT2D eigenvalue weighted by atomic mass is 9.89. The molecule has 112 valence electrons. The minimum atomic E-state index is -1.23. The lowest BCUT2D eigenvalue weighted by Gasteiger charge is -2.29. The monoisotopic (exact) mass is 283 g/mol. The van der Waals surface area contributed by atoms with Gasteiger partial charge in [-0.15, -0.1) is 0 Å². The van der Waals surface area contributed by atoms with Gasteiger partial charge >= 0.3 is 12.0 Å². The number of primary amides is 1. The summed E-state index contributed by atoms with van der Waals surface area (Å²) in [5, 5.41) is 11.9. The molecular weight excluding hydrogens is 262 g/mol. The summed E-state index contributed by atoms with van der Waals surface area (Å²) >= 11 is 0. The molecule has 3 amide bonds. The summed E-state index contributed by atoms with van der Waals surface area (Å²) in [6, 6.07) is -0.438. The number of hydrogen-bond donors (Lipinski definition) is 3. The molecule has 1 aliphatic carbocycles. The quantitative estimate of drug-likeness (QED) is 0.681. The fourth-order valence-electron chi connectivity index (χ4n) is 2.63. The molecule has 0 bridgehead atoms. The third-order valence-corrected chi connectivity index (χ3v) is 4.56. The molecular formula is C13H21N3O4. The number of hydrogen-bond acceptors (Lipinski definition) is 3. The van der Waals surface area contributed by atoms with Crippen LogP contribution in [0.3, 0.4) is 0 Å². The topological polar surface area (TPSA) is 113 Å². The molecule has 20 heavy (non-hydrogen) atoms. The third kappa shape index (κ3) is 2.44. The summed E-state index contributed by atoms with van der Waals surface area (Å²) in [4.78, 5) is 36.4. The van der Waals surface area contributed by atoms with Gasteiger partial charge in [-0.3, -0.25) is 4.79 Å². The number of aliphatic carboxylic acids is 1. The molecule has 2 fully saturated rings. The summed E-state index contributed by atoms with van der Waals surface area (Å²) in [5.74, 6) is -1.48. The van der Waals surface area contributed by atoms with Crippen molar-refractivity contribution in [2.24, 2.45) is 17.1 Å². The van der Waals surface area contributed by atoms with Gasteiger partial charge in [0.05, 0.1) is 5.41 Å². The van der Waals surface area contributed by atoms with Gasteiger partial charge in [0.25, 0.3) is 0 Å². The van der Waals surface area contributed by atoms with E-state index in [0.717, 1.165) is 12.8 Å². The normalized spacial score (nSPS) is 28.8. The molecule has 7 nitrogen and oxygen atoms in total. The molecule has 2 atom stereocenters. The van der Waals surface area contributed by atoms with Crippen LogP contribution in [0.5, 0.6) is 0 Å². The van der Waals surface area contributed by atoms with E-state index >= 15 is 0 Å². The van der Waals surface area contributed by atoms with E-state index in [4.69, 9.17) is 5.73 Å². The number of carbonyl (C=O) groups is 3. The summed E-state index contributed by atoms with van der Waals surface area (Å²) in [6.45, 7) is 3.90. The number of nitrogens with zero attached hydrogens (tertiary/aromatic N) is 1. The van der Waals surface area contributed by atoms with E-state index in [1.54, 1.807) is 6.92 Å². The Kier molecular flexibility index (Phi) is 3.39. The smallest absolute Gasteiger partial charge is 0.329 e. The highest BCUT2D eigenvalue weighted by Gasteiger charge is 2.50. The van der Waals surface area contributed by atoms with Gasteiger partial charge in [0.15, 0.2) is 0 Å². The van der Waals surface area contributed by atoms with Gasteiger partial charge in [0.1, 0.15) is 5.54 Å². The molecule has 1 heterocycles. The zero-order chi connectivity index (χ0) is 15.1. The first-order valence-electron chi connectivity index (χ1n) is 6.79. The van der Waals surface area contributed by atoms with E-state index in [2.05, 4.69) is 5.32 Å². The Balaban J connectivity index is 2.02. The molecule has 7 heteroatoms. The Morgan fingerprint density at radius 2 is 2.00 bits per heavy atom. The number of amides is 3. The summed E-state index contributed by atoms with van der Waals surface area (Å²) in [7, 11) is 0. The Bertz CT molecular complexity index is 463. The SMILES string of the molecule is CC1(C(N)=O)CCN(C(=O)NC(C)(C(=O)O)C2CC2)C1. The highest BCUT2D eigenvalue weighted by Crippen LogP contribution is 2.40. The van der Waals surface area contributed by atoms with Crippen LogP contribution in [0.25, 0.3) is 0 Å². The zero-order valence-electron chi connectivity index (χ0n) is 11.8. The molecule has 0 aromatic carbocycles. The maximum absolute atomic E-state index is 12.2. The van der Waals surface area contributed by atoms with E-state index < -0.39 is 28.9 Å². The van der Waals surface area contributed by atoms with E-state index in [1.807, 2.05) is 0 Å². The first-order chi connectivity index (χ1) is 9.19. The van der Waals surface area contributed by atoms with Crippen LogP contribution in [0.1, 0.15) is 33.1 Å². The summed E-state index contributed by atoms with van der Waals surface area (Å²) < 4.78 is 0. The number of carbonyl (C=O) groups excluding carboxylic acids is 2. The average molecular weight is 283 g/mol. The number of carboxylic acids is 1. The Hall–Kier alpha value is -1.79. The lowest BCUT2D eigenvalue weighted by molar-refractivity contribution is -0.144. The first kappa shape index (κ1) is 14.6. The van der Waals surface area contributed by atoms with E-state index in [1.165, 1.54) is 11.8 Å². The summed E-state index contributed by atoms with van der Waals surface area (Å²) in [6.07, 6.45) is 2.12. The summed E-state index contributed by atoms with van der Waals surface area (Å²) in [5.41, 5.74) is 3.38. The van der Waals surface area contributed by atoms with Gasteiger partial charge in [-0.2, -0.15) is 0 Å². The number of rotatable bonds is 4. The van der Waals surface area contributed by atoms with Gasteiger partial charge < -0.3 is 21.1 Å². The average Bonchev–Trinajstić information content (AvgIpc) is 3.12. The van der Waals surface area contributed by atoms with Crippen molar-refractivity contribution in [2.45, 2.75) is 38.6 Å². The number of nitrogens with one attached hydrogen (secondary N) is 1. The largest absolute Gasteiger partial charge is 0.480 e. The molecule has 2 unspecified atom stereocenters. The Morgan fingerprint density at radius 3 is 2.40 bits per heavy atom. The Morgan fingerprint density at radius 1 is 1.40 bits per heavy atom. The van der Waals surface area contributed by atoms with Crippen molar-refractivity contribution in [1.29, 1.82) is 0 Å². The van der Waals surface area contributed by atoms with Crippen LogP contribution in [0.15, 0.2) is 0 Å². The van der Waals surface area contributed by atoms with Gasteiger partial charge in [-0.25, -0.2) is 9.59 Å². The maximum atomic E-state index is 12.2. The van der Waals surface area contributed by atoms with Crippen molar-refractivity contribution in [3.8, 4) is 0 Å². The van der Waals surface area contributed by atoms with Crippen LogP contribution < -0.4 is 11.1 Å². The second kappa shape index (κ2) is 4.64. The van der Waals surface area contributed by atoms with Gasteiger partial charge in [0.2, 0.25) is 5.91 Å². The number of carboxylic acid groups (broad SMARTS) is 1. The van der Waals surface area contributed by atoms with E-state index in [0.29, 0.717) is 13.0 Å². The van der Waals surface area contributed by atoms with Crippen molar-refractivity contribution in [3.63, 3.8) is 0 Å².